The first-order valence-corrected chi connectivity index (χ1v) is 8.35. The summed E-state index contributed by atoms with van der Waals surface area (Å²) in [7, 11) is 0. The third-order valence-corrected chi connectivity index (χ3v) is 4.90. The molecule has 0 saturated carbocycles. The number of carbonyl (C=O) groups excluding carboxylic acids is 1. The molecule has 2 atom stereocenters. The van der Waals surface area contributed by atoms with Crippen molar-refractivity contribution < 1.29 is 4.79 Å². The summed E-state index contributed by atoms with van der Waals surface area (Å²) in [5.74, 6) is 0.102. The van der Waals surface area contributed by atoms with E-state index in [1.807, 2.05) is 47.5 Å². The predicted molar refractivity (Wildman–Crippen MR) is 105 cm³/mol. The van der Waals surface area contributed by atoms with Crippen LogP contribution in [0.3, 0.4) is 0 Å². The SMILES string of the molecule is Cl.Cl.O=C(c1cncc(-c2ccccc2)c1)N1CCC2CCC(C1)N2. The number of hydrogen-bond donors (Lipinski definition) is 1. The highest BCUT2D eigenvalue weighted by Crippen LogP contribution is 2.23. The van der Waals surface area contributed by atoms with Gasteiger partial charge in [-0.3, -0.25) is 9.78 Å². The van der Waals surface area contributed by atoms with Crippen molar-refractivity contribution in [1.29, 1.82) is 0 Å². The van der Waals surface area contributed by atoms with Gasteiger partial charge in [-0.05, 0) is 30.9 Å². The van der Waals surface area contributed by atoms with Crippen LogP contribution < -0.4 is 5.32 Å². The summed E-state index contributed by atoms with van der Waals surface area (Å²) < 4.78 is 0. The zero-order chi connectivity index (χ0) is 15.6. The number of pyridine rings is 1. The van der Waals surface area contributed by atoms with Gasteiger partial charge in [0.05, 0.1) is 5.56 Å². The van der Waals surface area contributed by atoms with Gasteiger partial charge in [0, 0.05) is 43.1 Å². The average Bonchev–Trinajstić information content (AvgIpc) is 2.94. The number of nitrogens with one attached hydrogen (secondary N) is 1. The van der Waals surface area contributed by atoms with Crippen molar-refractivity contribution >= 4 is 30.7 Å². The van der Waals surface area contributed by atoms with Gasteiger partial charge in [-0.2, -0.15) is 0 Å². The molecule has 3 heterocycles. The van der Waals surface area contributed by atoms with Crippen molar-refractivity contribution in [2.75, 3.05) is 13.1 Å². The van der Waals surface area contributed by atoms with E-state index in [-0.39, 0.29) is 30.7 Å². The molecular formula is C19H23Cl2N3O. The number of halogens is 2. The number of fused-ring (bicyclic) bond motifs is 2. The molecule has 2 aliphatic rings. The van der Waals surface area contributed by atoms with Crippen LogP contribution in [0.1, 0.15) is 29.6 Å². The third kappa shape index (κ3) is 4.32. The van der Waals surface area contributed by atoms with E-state index < -0.39 is 0 Å². The Labute approximate surface area is 160 Å². The highest BCUT2D eigenvalue weighted by atomic mass is 35.5. The van der Waals surface area contributed by atoms with Crippen LogP contribution in [0.2, 0.25) is 0 Å². The Bertz CT molecular complexity index is 711. The summed E-state index contributed by atoms with van der Waals surface area (Å²) in [5.41, 5.74) is 2.77. The van der Waals surface area contributed by atoms with Crippen molar-refractivity contribution in [1.82, 2.24) is 15.2 Å². The topological polar surface area (TPSA) is 45.2 Å². The van der Waals surface area contributed by atoms with E-state index in [2.05, 4.69) is 10.3 Å². The van der Waals surface area contributed by atoms with Gasteiger partial charge in [0.2, 0.25) is 0 Å². The minimum atomic E-state index is 0. The van der Waals surface area contributed by atoms with E-state index in [1.165, 1.54) is 12.8 Å². The number of aromatic nitrogens is 1. The number of benzene rings is 1. The molecule has 4 rings (SSSR count). The Morgan fingerprint density at radius 3 is 2.56 bits per heavy atom. The molecule has 2 bridgehead atoms. The predicted octanol–water partition coefficient (Wildman–Crippen LogP) is 3.56. The monoisotopic (exact) mass is 379 g/mol. The lowest BCUT2D eigenvalue weighted by molar-refractivity contribution is 0.0748. The lowest BCUT2D eigenvalue weighted by Gasteiger charge is -2.24. The standard InChI is InChI=1S/C19H21N3O.2ClH/c23-19(22-9-8-17-6-7-18(13-22)21-17)16-10-15(11-20-12-16)14-4-2-1-3-5-14;;/h1-5,10-12,17-18,21H,6-9,13H2;2*1H. The summed E-state index contributed by atoms with van der Waals surface area (Å²) in [5, 5.41) is 3.62. The largest absolute Gasteiger partial charge is 0.337 e. The number of rotatable bonds is 2. The molecule has 2 unspecified atom stereocenters. The third-order valence-electron chi connectivity index (χ3n) is 4.90. The number of nitrogens with zero attached hydrogens (tertiary/aromatic N) is 2. The molecule has 1 aromatic heterocycles. The van der Waals surface area contributed by atoms with Gasteiger partial charge in [0.25, 0.3) is 5.91 Å². The van der Waals surface area contributed by atoms with Crippen LogP contribution in [0.15, 0.2) is 48.8 Å². The second-order valence-corrected chi connectivity index (χ2v) is 6.51. The zero-order valence-corrected chi connectivity index (χ0v) is 15.6. The normalized spacial score (nSPS) is 21.7. The molecule has 1 amide bonds. The van der Waals surface area contributed by atoms with Gasteiger partial charge in [-0.25, -0.2) is 0 Å². The maximum absolute atomic E-state index is 12.9. The maximum atomic E-state index is 12.9. The zero-order valence-electron chi connectivity index (χ0n) is 13.9. The molecule has 2 fully saturated rings. The maximum Gasteiger partial charge on any atom is 0.255 e. The number of hydrogen-bond acceptors (Lipinski definition) is 3. The highest BCUT2D eigenvalue weighted by Gasteiger charge is 2.31. The van der Waals surface area contributed by atoms with E-state index in [0.717, 1.165) is 30.6 Å². The Kier molecular flexibility index (Phi) is 6.82. The van der Waals surface area contributed by atoms with Crippen molar-refractivity contribution in [3.8, 4) is 11.1 Å². The van der Waals surface area contributed by atoms with E-state index in [0.29, 0.717) is 17.6 Å². The molecule has 25 heavy (non-hydrogen) atoms. The van der Waals surface area contributed by atoms with Crippen LogP contribution in [0.4, 0.5) is 0 Å². The molecule has 1 N–H and O–H groups in total. The fourth-order valence-electron chi connectivity index (χ4n) is 3.66. The first-order chi connectivity index (χ1) is 11.3. The fourth-order valence-corrected chi connectivity index (χ4v) is 3.66. The summed E-state index contributed by atoms with van der Waals surface area (Å²) in [6.07, 6.45) is 6.98. The number of amides is 1. The van der Waals surface area contributed by atoms with E-state index in [4.69, 9.17) is 0 Å². The van der Waals surface area contributed by atoms with Crippen LogP contribution in [0.5, 0.6) is 0 Å². The summed E-state index contributed by atoms with van der Waals surface area (Å²) in [6.45, 7) is 1.65. The van der Waals surface area contributed by atoms with Gasteiger partial charge in [0.1, 0.15) is 0 Å². The minimum Gasteiger partial charge on any atom is -0.337 e. The second kappa shape index (κ2) is 8.65. The van der Waals surface area contributed by atoms with Gasteiger partial charge < -0.3 is 10.2 Å². The molecule has 2 aliphatic heterocycles. The van der Waals surface area contributed by atoms with Crippen molar-refractivity contribution in [3.05, 3.63) is 54.4 Å². The van der Waals surface area contributed by atoms with Crippen molar-refractivity contribution in [2.24, 2.45) is 0 Å². The van der Waals surface area contributed by atoms with Gasteiger partial charge in [-0.1, -0.05) is 30.3 Å². The molecule has 1 aromatic carbocycles. The molecule has 134 valence electrons. The summed E-state index contributed by atoms with van der Waals surface area (Å²) in [4.78, 5) is 19.1. The van der Waals surface area contributed by atoms with Crippen LogP contribution in [-0.4, -0.2) is 41.0 Å². The smallest absolute Gasteiger partial charge is 0.255 e. The molecule has 6 heteroatoms. The summed E-state index contributed by atoms with van der Waals surface area (Å²) in [6, 6.07) is 13.1. The number of likely N-dealkylation sites (tertiary alicyclic amines) is 1. The lowest BCUT2D eigenvalue weighted by Crippen LogP contribution is -2.39. The number of carbonyl (C=O) groups is 1. The van der Waals surface area contributed by atoms with Crippen LogP contribution in [0, 0.1) is 0 Å². The minimum absolute atomic E-state index is 0. The van der Waals surface area contributed by atoms with Crippen LogP contribution in [0.25, 0.3) is 11.1 Å². The van der Waals surface area contributed by atoms with Crippen molar-refractivity contribution in [3.63, 3.8) is 0 Å². The fraction of sp³-hybridized carbons (Fsp3) is 0.368. The van der Waals surface area contributed by atoms with Crippen molar-refractivity contribution in [2.45, 2.75) is 31.3 Å². The summed E-state index contributed by atoms with van der Waals surface area (Å²) >= 11 is 0. The molecular weight excluding hydrogens is 357 g/mol. The second-order valence-electron chi connectivity index (χ2n) is 6.51. The highest BCUT2D eigenvalue weighted by molar-refractivity contribution is 5.95. The van der Waals surface area contributed by atoms with Crippen LogP contribution in [-0.2, 0) is 0 Å². The van der Waals surface area contributed by atoms with Gasteiger partial charge in [0.15, 0.2) is 0 Å². The van der Waals surface area contributed by atoms with E-state index >= 15 is 0 Å². The Hall–Kier alpha value is -1.62. The molecule has 4 nitrogen and oxygen atoms in total. The van der Waals surface area contributed by atoms with Crippen LogP contribution >= 0.6 is 24.8 Å². The Morgan fingerprint density at radius 2 is 1.76 bits per heavy atom. The van der Waals surface area contributed by atoms with E-state index in [1.54, 1.807) is 6.20 Å². The first-order valence-electron chi connectivity index (χ1n) is 8.35. The lowest BCUT2D eigenvalue weighted by atomic mass is 10.0. The quantitative estimate of drug-likeness (QED) is 0.867. The Morgan fingerprint density at radius 1 is 1.00 bits per heavy atom. The molecule has 0 aliphatic carbocycles. The Balaban J connectivity index is 0.00000113. The first kappa shape index (κ1) is 19.7. The molecule has 0 radical (unpaired) electrons. The van der Waals surface area contributed by atoms with E-state index in [9.17, 15) is 4.79 Å². The molecule has 0 spiro atoms. The van der Waals surface area contributed by atoms with Gasteiger partial charge in [-0.15, -0.1) is 24.8 Å². The molecule has 2 aromatic rings. The average molecular weight is 380 g/mol. The molecule has 2 saturated heterocycles. The van der Waals surface area contributed by atoms with Gasteiger partial charge >= 0.3 is 0 Å².